The second-order valence-corrected chi connectivity index (χ2v) is 12.8. The molecule has 3 aliphatic heterocycles. The predicted molar refractivity (Wildman–Crippen MR) is 177 cm³/mol. The van der Waals surface area contributed by atoms with Crippen molar-refractivity contribution in [2.45, 2.75) is 135 Å². The fraction of sp³-hybridized carbons (Fsp3) is 0.743. The van der Waals surface area contributed by atoms with Crippen molar-refractivity contribution in [3.63, 3.8) is 0 Å². The summed E-state index contributed by atoms with van der Waals surface area (Å²) < 4.78 is 23.0. The van der Waals surface area contributed by atoms with E-state index in [0.717, 1.165) is 32.1 Å². The molecule has 258 valence electrons. The number of piperidine rings is 1. The second-order valence-electron chi connectivity index (χ2n) is 12.8. The summed E-state index contributed by atoms with van der Waals surface area (Å²) in [6.07, 6.45) is 18.0. The first-order chi connectivity index (χ1) is 21.4. The first-order valence-electron chi connectivity index (χ1n) is 16.4. The van der Waals surface area contributed by atoms with E-state index in [9.17, 15) is 9.59 Å². The van der Waals surface area contributed by atoms with Crippen molar-refractivity contribution in [3.8, 4) is 0 Å². The lowest BCUT2D eigenvalue weighted by atomic mass is 9.87. The molecule has 0 spiro atoms. The number of hydrogen-bond acceptors (Lipinski definition) is 8. The first kappa shape index (κ1) is 40.5. The molecule has 1 amide bonds. The molecular weight excluding hydrogens is 576 g/mol. The van der Waals surface area contributed by atoms with Crippen LogP contribution in [-0.4, -0.2) is 98.3 Å². The molecule has 0 bridgehead atoms. The van der Waals surface area contributed by atoms with E-state index in [1.54, 1.807) is 20.1 Å². The third-order valence-corrected chi connectivity index (χ3v) is 8.77. The lowest BCUT2D eigenvalue weighted by Crippen LogP contribution is -2.50. The van der Waals surface area contributed by atoms with Gasteiger partial charge in [0.05, 0.1) is 36.1 Å². The van der Waals surface area contributed by atoms with Crippen molar-refractivity contribution < 1.29 is 38.4 Å². The van der Waals surface area contributed by atoms with Crippen molar-refractivity contribution in [2.24, 2.45) is 5.92 Å². The SMILES string of the molecule is CC[C@@H]1CC(C)(OC)CC(/C=C/C(C)=C/CC2OC(C)C(NC(=O)/C=C\C(C)OC=O)CC2C)O1.CN1CCCCC1.O=CO. The standard InChI is InChI=1S/C28H45NO6.C6H13N.CH2O2/c1-8-23-16-28(6,32-7)17-24(35-23)12-9-19(2)10-13-26-20(3)15-25(22(5)34-26)29-27(31)14-11-21(4)33-18-30;1-7-5-3-2-4-6-7;2-1-3/h9-12,14,18,20-26H,8,13,15-17H2,1-7H3,(H,29,31);2-6H2,1H3;1H,(H,2,3)/b12-9+,14-11-,19-10+;;/t20?,21?,22?,23-,24?,25?,26?,28?;;/m1../s1. The molecule has 0 aliphatic carbocycles. The molecule has 7 unspecified atom stereocenters. The van der Waals surface area contributed by atoms with Gasteiger partial charge in [0.25, 0.3) is 12.9 Å². The van der Waals surface area contributed by atoms with Crippen LogP contribution in [-0.2, 0) is 33.3 Å². The van der Waals surface area contributed by atoms with E-state index in [2.05, 4.69) is 63.2 Å². The Hall–Kier alpha value is -2.53. The Morgan fingerprint density at radius 1 is 1.13 bits per heavy atom. The summed E-state index contributed by atoms with van der Waals surface area (Å²) in [4.78, 5) is 33.3. The van der Waals surface area contributed by atoms with Gasteiger partial charge in [0.2, 0.25) is 5.91 Å². The van der Waals surface area contributed by atoms with Crippen LogP contribution >= 0.6 is 0 Å². The maximum atomic E-state index is 12.2. The van der Waals surface area contributed by atoms with Gasteiger partial charge in [-0.2, -0.15) is 0 Å². The van der Waals surface area contributed by atoms with Crippen LogP contribution in [0.5, 0.6) is 0 Å². The number of nitrogens with zero attached hydrogens (tertiary/aromatic N) is 1. The minimum atomic E-state index is -0.437. The zero-order valence-electron chi connectivity index (χ0n) is 28.9. The topological polar surface area (TPSA) is 124 Å². The van der Waals surface area contributed by atoms with Crippen molar-refractivity contribution in [3.05, 3.63) is 36.0 Å². The minimum Gasteiger partial charge on any atom is -0.483 e. The monoisotopic (exact) mass is 636 g/mol. The summed E-state index contributed by atoms with van der Waals surface area (Å²) in [5, 5.41) is 9.90. The molecule has 10 heteroatoms. The Morgan fingerprint density at radius 2 is 1.80 bits per heavy atom. The van der Waals surface area contributed by atoms with E-state index in [1.807, 2.05) is 6.92 Å². The zero-order valence-corrected chi connectivity index (χ0v) is 28.9. The van der Waals surface area contributed by atoms with Crippen molar-refractivity contribution in [1.82, 2.24) is 10.2 Å². The molecule has 0 aromatic rings. The molecule has 0 aromatic heterocycles. The van der Waals surface area contributed by atoms with Gasteiger partial charge in [-0.25, -0.2) is 0 Å². The number of hydrogen-bond donors (Lipinski definition) is 2. The van der Waals surface area contributed by atoms with Gasteiger partial charge in [0, 0.05) is 26.0 Å². The smallest absolute Gasteiger partial charge is 0.293 e. The quantitative estimate of drug-likeness (QED) is 0.173. The number of amides is 1. The van der Waals surface area contributed by atoms with Gasteiger partial charge in [0.1, 0.15) is 6.10 Å². The molecular formula is C35H60N2O8. The van der Waals surface area contributed by atoms with Gasteiger partial charge in [-0.05, 0) is 91.9 Å². The van der Waals surface area contributed by atoms with Crippen LogP contribution in [0.1, 0.15) is 92.9 Å². The van der Waals surface area contributed by atoms with Crippen LogP contribution in [0.2, 0.25) is 0 Å². The number of carbonyl (C=O) groups is 3. The fourth-order valence-electron chi connectivity index (χ4n) is 5.84. The number of allylic oxidation sites excluding steroid dienone is 2. The Labute approximate surface area is 271 Å². The van der Waals surface area contributed by atoms with Crippen LogP contribution in [0.15, 0.2) is 36.0 Å². The number of likely N-dealkylation sites (tertiary alicyclic amines) is 1. The van der Waals surface area contributed by atoms with E-state index in [0.29, 0.717) is 12.4 Å². The Morgan fingerprint density at radius 3 is 2.36 bits per heavy atom. The van der Waals surface area contributed by atoms with Gasteiger partial charge < -0.3 is 34.3 Å². The van der Waals surface area contributed by atoms with Crippen LogP contribution in [0.25, 0.3) is 0 Å². The Balaban J connectivity index is 0.000000862. The number of methoxy groups -OCH3 is 1. The van der Waals surface area contributed by atoms with Crippen LogP contribution < -0.4 is 5.32 Å². The van der Waals surface area contributed by atoms with Gasteiger partial charge in [-0.15, -0.1) is 0 Å². The van der Waals surface area contributed by atoms with Gasteiger partial charge >= 0.3 is 0 Å². The molecule has 3 heterocycles. The first-order valence-corrected chi connectivity index (χ1v) is 16.4. The van der Waals surface area contributed by atoms with Crippen LogP contribution in [0.4, 0.5) is 0 Å². The number of carboxylic acid groups (broad SMARTS) is 1. The maximum absolute atomic E-state index is 12.2. The highest BCUT2D eigenvalue weighted by atomic mass is 16.5. The highest BCUT2D eigenvalue weighted by Gasteiger charge is 2.36. The van der Waals surface area contributed by atoms with E-state index in [4.69, 9.17) is 28.8 Å². The maximum Gasteiger partial charge on any atom is 0.293 e. The lowest BCUT2D eigenvalue weighted by molar-refractivity contribution is -0.136. The predicted octanol–water partition coefficient (Wildman–Crippen LogP) is 5.46. The molecule has 3 saturated heterocycles. The molecule has 3 aliphatic rings. The largest absolute Gasteiger partial charge is 0.483 e. The average Bonchev–Trinajstić information content (AvgIpc) is 3.01. The number of rotatable bonds is 11. The second kappa shape index (κ2) is 22.1. The molecule has 0 saturated carbocycles. The van der Waals surface area contributed by atoms with E-state index >= 15 is 0 Å². The third kappa shape index (κ3) is 16.6. The molecule has 45 heavy (non-hydrogen) atoms. The van der Waals surface area contributed by atoms with Crippen molar-refractivity contribution in [1.29, 1.82) is 0 Å². The van der Waals surface area contributed by atoms with E-state index < -0.39 is 6.10 Å². The van der Waals surface area contributed by atoms with Gasteiger partial charge in [-0.3, -0.25) is 14.4 Å². The normalized spacial score (nSPS) is 31.6. The summed E-state index contributed by atoms with van der Waals surface area (Å²) in [6, 6.07) is -0.0595. The van der Waals surface area contributed by atoms with Crippen molar-refractivity contribution >= 4 is 18.9 Å². The van der Waals surface area contributed by atoms with E-state index in [-0.39, 0.29) is 48.4 Å². The third-order valence-electron chi connectivity index (χ3n) is 8.77. The Kier molecular flexibility index (Phi) is 19.9. The van der Waals surface area contributed by atoms with Gasteiger partial charge in [0.15, 0.2) is 0 Å². The van der Waals surface area contributed by atoms with Crippen LogP contribution in [0.3, 0.4) is 0 Å². The summed E-state index contributed by atoms with van der Waals surface area (Å²) in [6.45, 7) is 15.1. The zero-order chi connectivity index (χ0) is 33.8. The van der Waals surface area contributed by atoms with Crippen molar-refractivity contribution in [2.75, 3.05) is 27.2 Å². The molecule has 8 atom stereocenters. The lowest BCUT2D eigenvalue weighted by Gasteiger charge is -2.40. The highest BCUT2D eigenvalue weighted by Crippen LogP contribution is 2.33. The molecule has 0 radical (unpaired) electrons. The molecule has 3 fully saturated rings. The Bertz CT molecular complexity index is 948. The highest BCUT2D eigenvalue weighted by molar-refractivity contribution is 5.87. The number of carbonyl (C=O) groups excluding carboxylic acids is 2. The summed E-state index contributed by atoms with van der Waals surface area (Å²) >= 11 is 0. The summed E-state index contributed by atoms with van der Waals surface area (Å²) in [5.74, 6) is 0.0957. The summed E-state index contributed by atoms with van der Waals surface area (Å²) in [7, 11) is 3.98. The molecule has 10 nitrogen and oxygen atoms in total. The number of nitrogens with one attached hydrogen (secondary N) is 1. The average molecular weight is 637 g/mol. The molecule has 3 rings (SSSR count). The molecule has 2 N–H and O–H groups in total. The van der Waals surface area contributed by atoms with Gasteiger partial charge in [-0.1, -0.05) is 44.1 Å². The number of ether oxygens (including phenoxy) is 4. The minimum absolute atomic E-state index is 0.0540. The molecule has 0 aromatic carbocycles. The fourth-order valence-corrected chi connectivity index (χ4v) is 5.84. The van der Waals surface area contributed by atoms with E-state index in [1.165, 1.54) is 44.0 Å². The summed E-state index contributed by atoms with van der Waals surface area (Å²) in [5.41, 5.74) is 1.04. The van der Waals surface area contributed by atoms with Crippen LogP contribution in [0, 0.1) is 5.92 Å².